The topological polar surface area (TPSA) is 77.5 Å². The standard InChI is InChI=1S/C18H20BNO.C10H11F3O2.C10H9F3O2.C4H10BO/c1-19-20-14-8-13-17(20)18(21-19,15-9-4-2-5-10-15)16-11-6-3-7-12-16;2*1-15-6-9(14)7-2-4-8(5-3-7)10(11,12)13;5-4-2-1-3-6-4/h2-7,9-12,17H,8,13-14H2,1H3;2-5,9,14H,6H2,1H3;2-5H,6H2,1H3;4H,1-3H2,5H3/q;;;-1/t;9-;;/m.1../s1. The van der Waals surface area contributed by atoms with Gasteiger partial charge >= 0.3 is 19.4 Å². The van der Waals surface area contributed by atoms with Crippen LogP contribution in [0.15, 0.2) is 109 Å². The van der Waals surface area contributed by atoms with Gasteiger partial charge in [-0.15, -0.1) is 0 Å². The molecule has 3 atom stereocenters. The maximum absolute atomic E-state index is 12.2. The molecule has 0 radical (unpaired) electrons. The minimum atomic E-state index is -4.37. The van der Waals surface area contributed by atoms with Crippen molar-refractivity contribution in [2.24, 2.45) is 0 Å². The first-order valence-corrected chi connectivity index (χ1v) is 18.2. The highest BCUT2D eigenvalue weighted by Gasteiger charge is 2.56. The number of ketones is 1. The van der Waals surface area contributed by atoms with Gasteiger partial charge in [-0.05, 0) is 81.4 Å². The third kappa shape index (κ3) is 12.5. The molecule has 3 saturated heterocycles. The third-order valence-corrected chi connectivity index (χ3v) is 9.45. The second-order valence-corrected chi connectivity index (χ2v) is 13.3. The summed E-state index contributed by atoms with van der Waals surface area (Å²) in [4.78, 5) is 13.7. The number of alkyl halides is 6. The predicted octanol–water partition coefficient (Wildman–Crippen LogP) is 7.95. The molecular formula is C42H50B2F6NO6-. The number of aliphatic hydroxyl groups excluding tert-OH is 1. The van der Waals surface area contributed by atoms with Crippen LogP contribution in [0.4, 0.5) is 26.3 Å². The van der Waals surface area contributed by atoms with Crippen molar-refractivity contribution >= 4 is 20.7 Å². The summed E-state index contributed by atoms with van der Waals surface area (Å²) < 4.78 is 94.2. The Morgan fingerprint density at radius 2 is 1.35 bits per heavy atom. The molecule has 4 aromatic rings. The van der Waals surface area contributed by atoms with Crippen LogP contribution in [0.3, 0.4) is 0 Å². The highest BCUT2D eigenvalue weighted by Crippen LogP contribution is 2.48. The number of hydrogen-bond acceptors (Lipinski definition) is 7. The Hall–Kier alpha value is -3.98. The Labute approximate surface area is 331 Å². The molecule has 0 aromatic heterocycles. The Morgan fingerprint density at radius 3 is 1.77 bits per heavy atom. The average molecular weight is 800 g/mol. The van der Waals surface area contributed by atoms with E-state index in [-0.39, 0.29) is 37.2 Å². The van der Waals surface area contributed by atoms with Crippen molar-refractivity contribution < 1.29 is 55.1 Å². The lowest BCUT2D eigenvalue weighted by molar-refractivity contribution is -0.138. The van der Waals surface area contributed by atoms with E-state index < -0.39 is 29.6 Å². The number of aliphatic hydroxyl groups is 1. The van der Waals surface area contributed by atoms with Gasteiger partial charge in [0, 0.05) is 32.4 Å². The monoisotopic (exact) mass is 800 g/mol. The van der Waals surface area contributed by atoms with E-state index in [1.807, 2.05) is 0 Å². The molecule has 0 spiro atoms. The maximum atomic E-state index is 12.2. The predicted molar refractivity (Wildman–Crippen MR) is 211 cm³/mol. The highest BCUT2D eigenvalue weighted by atomic mass is 19.4. The molecule has 7 nitrogen and oxygen atoms in total. The van der Waals surface area contributed by atoms with Crippen LogP contribution in [0.25, 0.3) is 0 Å². The zero-order valence-corrected chi connectivity index (χ0v) is 31.6. The van der Waals surface area contributed by atoms with Gasteiger partial charge in [-0.2, -0.15) is 26.3 Å². The number of ether oxygens (including phenoxy) is 3. The van der Waals surface area contributed by atoms with Crippen molar-refractivity contribution in [3.05, 3.63) is 143 Å². The molecule has 4 aromatic carbocycles. The molecule has 3 heterocycles. The van der Waals surface area contributed by atoms with E-state index in [1.165, 1.54) is 63.2 Å². The molecule has 308 valence electrons. The van der Waals surface area contributed by atoms with Gasteiger partial charge in [0.25, 0.3) is 0 Å². The largest absolute Gasteiger partial charge is 0.417 e. The second-order valence-electron chi connectivity index (χ2n) is 13.3. The smallest absolute Gasteiger partial charge is 0.416 e. The summed E-state index contributed by atoms with van der Waals surface area (Å²) in [5.74, 6) is -0.341. The summed E-state index contributed by atoms with van der Waals surface area (Å²) in [7, 11) is 3.46. The van der Waals surface area contributed by atoms with Crippen LogP contribution in [0, 0.1) is 0 Å². The molecule has 1 N–H and O–H groups in total. The van der Waals surface area contributed by atoms with E-state index in [2.05, 4.69) is 81.8 Å². The third-order valence-electron chi connectivity index (χ3n) is 9.45. The summed E-state index contributed by atoms with van der Waals surface area (Å²) in [5, 5.41) is 9.41. The van der Waals surface area contributed by atoms with Gasteiger partial charge in [-0.1, -0.05) is 97.4 Å². The minimum Gasteiger partial charge on any atom is -0.417 e. The minimum absolute atomic E-state index is 0.0609. The van der Waals surface area contributed by atoms with Crippen LogP contribution in [0.1, 0.15) is 70.0 Å². The molecule has 2 unspecified atom stereocenters. The number of nitrogens with zero attached hydrogens (tertiary/aromatic N) is 1. The van der Waals surface area contributed by atoms with Crippen LogP contribution < -0.4 is 0 Å². The van der Waals surface area contributed by atoms with Crippen molar-refractivity contribution in [1.29, 1.82) is 0 Å². The lowest BCUT2D eigenvalue weighted by Gasteiger charge is -2.36. The van der Waals surface area contributed by atoms with Crippen LogP contribution >= 0.6 is 0 Å². The SMILES string of the molecule is CB1OC(c2ccccc2)(c2ccccc2)C2CCCN12.COCC(=O)c1ccc(C(F)(F)F)cc1.COC[C@@H](O)c1ccc(C(F)(F)F)cc1.[BH3-]C1CCCO1. The van der Waals surface area contributed by atoms with E-state index in [9.17, 15) is 36.2 Å². The van der Waals surface area contributed by atoms with Gasteiger partial charge in [-0.3, -0.25) is 4.79 Å². The van der Waals surface area contributed by atoms with Crippen molar-refractivity contribution in [2.45, 2.75) is 68.6 Å². The van der Waals surface area contributed by atoms with Crippen LogP contribution in [0.2, 0.25) is 6.82 Å². The Bertz CT molecular complexity index is 1740. The van der Waals surface area contributed by atoms with Crippen molar-refractivity contribution in [2.75, 3.05) is 40.6 Å². The number of hydrogen-bond donors (Lipinski definition) is 1. The van der Waals surface area contributed by atoms with Gasteiger partial charge in [-0.25, -0.2) is 0 Å². The van der Waals surface area contributed by atoms with Crippen LogP contribution in [0.5, 0.6) is 0 Å². The fourth-order valence-electron chi connectivity index (χ4n) is 6.76. The number of benzene rings is 4. The van der Waals surface area contributed by atoms with E-state index in [1.54, 1.807) is 0 Å². The summed E-state index contributed by atoms with van der Waals surface area (Å²) in [6, 6.07) is 31.1. The molecule has 0 amide bonds. The Balaban J connectivity index is 0.000000180. The van der Waals surface area contributed by atoms with Crippen LogP contribution in [-0.4, -0.2) is 83.2 Å². The molecule has 3 fully saturated rings. The van der Waals surface area contributed by atoms with Gasteiger partial charge in [0.1, 0.15) is 18.3 Å². The fraction of sp³-hybridized carbons (Fsp3) is 0.405. The first kappa shape index (κ1) is 45.7. The Kier molecular flexibility index (Phi) is 17.0. The number of fused-ring (bicyclic) bond motifs is 1. The highest BCUT2D eigenvalue weighted by molar-refractivity contribution is 6.48. The summed E-state index contributed by atoms with van der Waals surface area (Å²) in [6.07, 6.45) is -4.44. The van der Waals surface area contributed by atoms with Gasteiger partial charge in [0.15, 0.2) is 5.78 Å². The van der Waals surface area contributed by atoms with Crippen LogP contribution in [-0.2, 0) is 36.8 Å². The average Bonchev–Trinajstić information content (AvgIpc) is 3.96. The van der Waals surface area contributed by atoms with E-state index in [0.717, 1.165) is 55.6 Å². The maximum Gasteiger partial charge on any atom is 0.416 e. The number of rotatable bonds is 8. The fourth-order valence-corrected chi connectivity index (χ4v) is 6.76. The molecule has 57 heavy (non-hydrogen) atoms. The number of carbonyl (C=O) groups is 1. The summed E-state index contributed by atoms with van der Waals surface area (Å²) in [6.45, 7) is 4.31. The van der Waals surface area contributed by atoms with E-state index >= 15 is 0 Å². The lowest BCUT2D eigenvalue weighted by Crippen LogP contribution is -2.41. The molecule has 0 saturated carbocycles. The zero-order valence-electron chi connectivity index (χ0n) is 31.6. The number of carbonyl (C=O) groups excluding carboxylic acids is 1. The number of Topliss-reactive ketones (excluding diaryl/α,β-unsaturated/α-hetero) is 1. The molecule has 3 aliphatic rings. The molecular weight excluding hydrogens is 750 g/mol. The quantitative estimate of drug-likeness (QED) is 0.110. The molecule has 3 aliphatic heterocycles. The lowest BCUT2D eigenvalue weighted by atomic mass is 9.79. The second kappa shape index (κ2) is 21.1. The first-order valence-electron chi connectivity index (χ1n) is 18.2. The summed E-state index contributed by atoms with van der Waals surface area (Å²) >= 11 is 0. The number of halogens is 6. The van der Waals surface area contributed by atoms with E-state index in [4.69, 9.17) is 9.39 Å². The number of methoxy groups -OCH3 is 2. The molecule has 15 heteroatoms. The molecule has 0 aliphatic carbocycles. The molecule has 7 rings (SSSR count). The van der Waals surface area contributed by atoms with Gasteiger partial charge < -0.3 is 28.8 Å². The first-order chi connectivity index (χ1) is 27.1. The summed E-state index contributed by atoms with van der Waals surface area (Å²) in [5.41, 5.74) is 1.36. The van der Waals surface area contributed by atoms with Gasteiger partial charge in [0.2, 0.25) is 0 Å². The normalized spacial score (nSPS) is 19.2. The van der Waals surface area contributed by atoms with Crippen molar-refractivity contribution in [1.82, 2.24) is 4.81 Å². The Morgan fingerprint density at radius 1 is 0.825 bits per heavy atom. The van der Waals surface area contributed by atoms with Crippen molar-refractivity contribution in [3.8, 4) is 0 Å². The van der Waals surface area contributed by atoms with E-state index in [0.29, 0.717) is 19.5 Å². The zero-order chi connectivity index (χ0) is 41.6. The molecule has 0 bridgehead atoms. The van der Waals surface area contributed by atoms with Gasteiger partial charge in [0.05, 0.1) is 17.7 Å². The van der Waals surface area contributed by atoms with Crippen molar-refractivity contribution in [3.63, 3.8) is 0 Å².